The van der Waals surface area contributed by atoms with Gasteiger partial charge in [0.2, 0.25) is 0 Å². The molecular weight excluding hydrogens is 284 g/mol. The Balaban J connectivity index is 1.79. The van der Waals surface area contributed by atoms with Crippen molar-refractivity contribution in [3.63, 3.8) is 0 Å². The zero-order valence-corrected chi connectivity index (χ0v) is 13.6. The predicted molar refractivity (Wildman–Crippen MR) is 94.1 cm³/mol. The first-order chi connectivity index (χ1) is 11.3. The van der Waals surface area contributed by atoms with Crippen LogP contribution in [0.15, 0.2) is 48.5 Å². The molecule has 0 aliphatic carbocycles. The number of para-hydroxylation sites is 2. The van der Waals surface area contributed by atoms with Crippen LogP contribution in [0, 0.1) is 0 Å². The molecule has 2 heterocycles. The minimum atomic E-state index is 0.214. The van der Waals surface area contributed by atoms with E-state index in [9.17, 15) is 4.79 Å². The maximum atomic E-state index is 13.1. The summed E-state index contributed by atoms with van der Waals surface area (Å²) in [7, 11) is 0. The van der Waals surface area contributed by atoms with Crippen molar-refractivity contribution in [1.29, 1.82) is 0 Å². The summed E-state index contributed by atoms with van der Waals surface area (Å²) in [6.45, 7) is 3.97. The van der Waals surface area contributed by atoms with Crippen molar-refractivity contribution in [2.45, 2.75) is 32.2 Å². The molecule has 1 aliphatic heterocycles. The SMILES string of the molecule is C[C@@H]1CCCC[NH+]1CC(=O)n1c2ccccc2c2ccccc21. The van der Waals surface area contributed by atoms with Gasteiger partial charge < -0.3 is 4.90 Å². The molecule has 2 atom stereocenters. The molecule has 0 radical (unpaired) electrons. The summed E-state index contributed by atoms with van der Waals surface area (Å²) in [4.78, 5) is 14.5. The van der Waals surface area contributed by atoms with E-state index >= 15 is 0 Å². The van der Waals surface area contributed by atoms with Crippen LogP contribution in [-0.4, -0.2) is 29.6 Å². The zero-order chi connectivity index (χ0) is 15.8. The summed E-state index contributed by atoms with van der Waals surface area (Å²) in [5.74, 6) is 0.214. The van der Waals surface area contributed by atoms with Crippen LogP contribution >= 0.6 is 0 Å². The molecular formula is C20H23N2O+. The van der Waals surface area contributed by atoms with Crippen molar-refractivity contribution >= 4 is 27.7 Å². The van der Waals surface area contributed by atoms with E-state index in [0.717, 1.165) is 28.4 Å². The average Bonchev–Trinajstić information content (AvgIpc) is 2.91. The van der Waals surface area contributed by atoms with Crippen molar-refractivity contribution in [1.82, 2.24) is 4.57 Å². The van der Waals surface area contributed by atoms with E-state index in [1.54, 1.807) is 0 Å². The van der Waals surface area contributed by atoms with Gasteiger partial charge in [-0.3, -0.25) is 9.36 Å². The molecule has 3 nitrogen and oxygen atoms in total. The highest BCUT2D eigenvalue weighted by atomic mass is 16.2. The van der Waals surface area contributed by atoms with E-state index in [0.29, 0.717) is 12.6 Å². The summed E-state index contributed by atoms with van der Waals surface area (Å²) in [6, 6.07) is 17.0. The van der Waals surface area contributed by atoms with Gasteiger partial charge >= 0.3 is 0 Å². The van der Waals surface area contributed by atoms with Crippen molar-refractivity contribution < 1.29 is 9.69 Å². The third-order valence-corrected chi connectivity index (χ3v) is 5.29. The van der Waals surface area contributed by atoms with Crippen LogP contribution in [0.5, 0.6) is 0 Å². The smallest absolute Gasteiger partial charge is 0.286 e. The van der Waals surface area contributed by atoms with Crippen molar-refractivity contribution in [2.24, 2.45) is 0 Å². The summed E-state index contributed by atoms with van der Waals surface area (Å²) in [5, 5.41) is 2.33. The number of nitrogens with one attached hydrogen (secondary N) is 1. The standard InChI is InChI=1S/C20H22N2O/c1-15-8-6-7-13-21(15)14-20(23)22-18-11-4-2-9-16(18)17-10-3-5-12-19(17)22/h2-5,9-12,15H,6-8,13-14H2,1H3/p+1/t15-/m1/s1. The molecule has 0 bridgehead atoms. The van der Waals surface area contributed by atoms with Gasteiger partial charge in [-0.25, -0.2) is 0 Å². The summed E-state index contributed by atoms with van der Waals surface area (Å²) in [6.07, 6.45) is 3.77. The second-order valence-electron chi connectivity index (χ2n) is 6.75. The van der Waals surface area contributed by atoms with Crippen LogP contribution in [0.25, 0.3) is 21.8 Å². The Labute approximate surface area is 136 Å². The molecule has 0 saturated carbocycles. The van der Waals surface area contributed by atoms with Gasteiger partial charge in [0, 0.05) is 10.8 Å². The number of quaternary nitrogens is 1. The van der Waals surface area contributed by atoms with E-state index < -0.39 is 0 Å². The van der Waals surface area contributed by atoms with Gasteiger partial charge in [-0.15, -0.1) is 0 Å². The van der Waals surface area contributed by atoms with Crippen LogP contribution < -0.4 is 4.90 Å². The highest BCUT2D eigenvalue weighted by molar-refractivity contribution is 6.13. The van der Waals surface area contributed by atoms with Crippen molar-refractivity contribution in [3.05, 3.63) is 48.5 Å². The number of hydrogen-bond donors (Lipinski definition) is 1. The lowest BCUT2D eigenvalue weighted by Crippen LogP contribution is -3.17. The largest absolute Gasteiger partial charge is 0.325 e. The van der Waals surface area contributed by atoms with E-state index in [1.165, 1.54) is 24.2 Å². The summed E-state index contributed by atoms with van der Waals surface area (Å²) in [5.41, 5.74) is 2.06. The molecule has 1 aliphatic rings. The third-order valence-electron chi connectivity index (χ3n) is 5.29. The van der Waals surface area contributed by atoms with Crippen molar-refractivity contribution in [2.75, 3.05) is 13.1 Å². The Morgan fingerprint density at radius 3 is 2.26 bits per heavy atom. The molecule has 1 aromatic heterocycles. The Kier molecular flexibility index (Phi) is 3.66. The predicted octanol–water partition coefficient (Wildman–Crippen LogP) is 2.89. The molecule has 3 aromatic rings. The molecule has 1 fully saturated rings. The number of piperidine rings is 1. The number of fused-ring (bicyclic) bond motifs is 3. The van der Waals surface area contributed by atoms with Crippen LogP contribution in [0.1, 0.15) is 31.0 Å². The molecule has 0 spiro atoms. The Bertz CT molecular complexity index is 811. The fraction of sp³-hybridized carbons (Fsp3) is 0.350. The topological polar surface area (TPSA) is 26.4 Å². The second kappa shape index (κ2) is 5.82. The van der Waals surface area contributed by atoms with Gasteiger partial charge in [0.25, 0.3) is 5.91 Å². The maximum Gasteiger partial charge on any atom is 0.286 e. The van der Waals surface area contributed by atoms with E-state index in [1.807, 2.05) is 28.8 Å². The minimum Gasteiger partial charge on any atom is -0.325 e. The molecule has 1 saturated heterocycles. The molecule has 2 aromatic carbocycles. The van der Waals surface area contributed by atoms with Gasteiger partial charge in [-0.2, -0.15) is 0 Å². The van der Waals surface area contributed by atoms with Gasteiger partial charge in [0.15, 0.2) is 6.54 Å². The van der Waals surface area contributed by atoms with Crippen LogP contribution in [0.4, 0.5) is 0 Å². The Morgan fingerprint density at radius 2 is 1.65 bits per heavy atom. The number of rotatable bonds is 2. The number of benzene rings is 2. The Morgan fingerprint density at radius 1 is 1.04 bits per heavy atom. The van der Waals surface area contributed by atoms with Gasteiger partial charge in [0.05, 0.1) is 23.6 Å². The highest BCUT2D eigenvalue weighted by Crippen LogP contribution is 2.28. The van der Waals surface area contributed by atoms with Gasteiger partial charge in [-0.05, 0) is 38.3 Å². The number of likely N-dealkylation sites (tertiary alicyclic amines) is 1. The lowest BCUT2D eigenvalue weighted by molar-refractivity contribution is -0.920. The average molecular weight is 307 g/mol. The first-order valence-corrected chi connectivity index (χ1v) is 8.61. The molecule has 1 unspecified atom stereocenters. The lowest BCUT2D eigenvalue weighted by atomic mass is 10.0. The first kappa shape index (κ1) is 14.5. The van der Waals surface area contributed by atoms with Crippen LogP contribution in [0.3, 0.4) is 0 Å². The number of aromatic nitrogens is 1. The summed E-state index contributed by atoms with van der Waals surface area (Å²) >= 11 is 0. The quantitative estimate of drug-likeness (QED) is 0.774. The van der Waals surface area contributed by atoms with Gasteiger partial charge in [-0.1, -0.05) is 36.4 Å². The number of carbonyl (C=O) groups is 1. The number of nitrogens with zero attached hydrogens (tertiary/aromatic N) is 1. The van der Waals surface area contributed by atoms with Crippen LogP contribution in [-0.2, 0) is 0 Å². The molecule has 3 heteroatoms. The monoisotopic (exact) mass is 307 g/mol. The fourth-order valence-corrected chi connectivity index (χ4v) is 3.98. The highest BCUT2D eigenvalue weighted by Gasteiger charge is 2.26. The Hall–Kier alpha value is -2.13. The number of hydrogen-bond acceptors (Lipinski definition) is 1. The third kappa shape index (κ3) is 2.45. The second-order valence-corrected chi connectivity index (χ2v) is 6.75. The van der Waals surface area contributed by atoms with Crippen LogP contribution in [0.2, 0.25) is 0 Å². The van der Waals surface area contributed by atoms with Gasteiger partial charge in [0.1, 0.15) is 0 Å². The van der Waals surface area contributed by atoms with E-state index in [4.69, 9.17) is 0 Å². The molecule has 0 amide bonds. The zero-order valence-electron chi connectivity index (χ0n) is 13.6. The number of carbonyl (C=O) groups excluding carboxylic acids is 1. The summed E-state index contributed by atoms with van der Waals surface area (Å²) < 4.78 is 1.93. The minimum absolute atomic E-state index is 0.214. The molecule has 4 rings (SSSR count). The maximum absolute atomic E-state index is 13.1. The molecule has 1 N–H and O–H groups in total. The first-order valence-electron chi connectivity index (χ1n) is 8.61. The fourth-order valence-electron chi connectivity index (χ4n) is 3.98. The molecule has 23 heavy (non-hydrogen) atoms. The van der Waals surface area contributed by atoms with Crippen molar-refractivity contribution in [3.8, 4) is 0 Å². The lowest BCUT2D eigenvalue weighted by Gasteiger charge is -2.29. The van der Waals surface area contributed by atoms with E-state index in [-0.39, 0.29) is 5.91 Å². The normalized spacial score (nSPS) is 21.8. The molecule has 118 valence electrons. The van der Waals surface area contributed by atoms with E-state index in [2.05, 4.69) is 31.2 Å².